The van der Waals surface area contributed by atoms with Crippen molar-refractivity contribution in [1.29, 1.82) is 0 Å². The van der Waals surface area contributed by atoms with E-state index >= 15 is 0 Å². The zero-order valence-corrected chi connectivity index (χ0v) is 13.4. The molecule has 1 aliphatic carbocycles. The Morgan fingerprint density at radius 2 is 1.95 bits per heavy atom. The van der Waals surface area contributed by atoms with E-state index in [9.17, 15) is 0 Å². The topological polar surface area (TPSA) is 30.5 Å². The Morgan fingerprint density at radius 1 is 1.19 bits per heavy atom. The van der Waals surface area contributed by atoms with E-state index in [1.165, 1.54) is 37.7 Å². The average molecular weight is 291 g/mol. The van der Waals surface area contributed by atoms with Gasteiger partial charge >= 0.3 is 0 Å². The fraction of sp³-hybridized carbons (Fsp3) is 0.667. The average Bonchev–Trinajstić information content (AvgIpc) is 2.55. The monoisotopic (exact) mass is 291 g/mol. The smallest absolute Gasteiger partial charge is 0.123 e. The van der Waals surface area contributed by atoms with Gasteiger partial charge in [0.1, 0.15) is 5.75 Å². The molecule has 1 N–H and O–H groups in total. The molecule has 0 aliphatic heterocycles. The van der Waals surface area contributed by atoms with E-state index in [1.807, 2.05) is 12.1 Å². The van der Waals surface area contributed by atoms with Crippen LogP contribution in [0.5, 0.6) is 5.75 Å². The summed E-state index contributed by atoms with van der Waals surface area (Å²) in [6, 6.07) is 8.41. The van der Waals surface area contributed by atoms with Gasteiger partial charge in [0, 0.05) is 12.2 Å². The van der Waals surface area contributed by atoms with Gasteiger partial charge in [0.05, 0.1) is 19.8 Å². The summed E-state index contributed by atoms with van der Waals surface area (Å²) in [6.07, 6.45) is 6.81. The van der Waals surface area contributed by atoms with Crippen LogP contribution in [-0.2, 0) is 4.74 Å². The molecule has 118 valence electrons. The van der Waals surface area contributed by atoms with Crippen LogP contribution in [-0.4, -0.2) is 26.9 Å². The number of hydrogen-bond donors (Lipinski definition) is 1. The summed E-state index contributed by atoms with van der Waals surface area (Å²) < 4.78 is 11.5. The van der Waals surface area contributed by atoms with Gasteiger partial charge in [-0.25, -0.2) is 0 Å². The molecule has 3 nitrogen and oxygen atoms in total. The molecular formula is C18H29NO2. The molecule has 0 spiro atoms. The summed E-state index contributed by atoms with van der Waals surface area (Å²) >= 11 is 0. The van der Waals surface area contributed by atoms with Gasteiger partial charge in [-0.3, -0.25) is 0 Å². The molecule has 1 atom stereocenters. The van der Waals surface area contributed by atoms with Crippen LogP contribution in [0.1, 0.15) is 50.6 Å². The molecule has 21 heavy (non-hydrogen) atoms. The number of methoxy groups -OCH3 is 1. The minimum Gasteiger partial charge on any atom is -0.496 e. The molecule has 1 fully saturated rings. The number of nitrogens with one attached hydrogen (secondary N) is 1. The second-order valence-corrected chi connectivity index (χ2v) is 5.89. The van der Waals surface area contributed by atoms with Crippen molar-refractivity contribution in [1.82, 2.24) is 5.32 Å². The van der Waals surface area contributed by atoms with Crippen molar-refractivity contribution < 1.29 is 9.47 Å². The Kier molecular flexibility index (Phi) is 7.04. The van der Waals surface area contributed by atoms with Crippen molar-refractivity contribution in [3.8, 4) is 5.75 Å². The van der Waals surface area contributed by atoms with Crippen LogP contribution in [0, 0.1) is 5.92 Å². The van der Waals surface area contributed by atoms with E-state index in [4.69, 9.17) is 9.47 Å². The van der Waals surface area contributed by atoms with Gasteiger partial charge in [-0.2, -0.15) is 0 Å². The fourth-order valence-corrected chi connectivity index (χ4v) is 3.17. The van der Waals surface area contributed by atoms with Crippen molar-refractivity contribution in [2.24, 2.45) is 5.92 Å². The van der Waals surface area contributed by atoms with Gasteiger partial charge < -0.3 is 14.8 Å². The molecule has 0 aromatic heterocycles. The molecule has 1 aliphatic rings. The number of benzene rings is 1. The Morgan fingerprint density at radius 3 is 2.67 bits per heavy atom. The van der Waals surface area contributed by atoms with Gasteiger partial charge in [0.15, 0.2) is 0 Å². The van der Waals surface area contributed by atoms with E-state index < -0.39 is 0 Å². The lowest BCUT2D eigenvalue weighted by molar-refractivity contribution is 0.0692. The highest BCUT2D eigenvalue weighted by Gasteiger charge is 2.17. The highest BCUT2D eigenvalue weighted by Crippen LogP contribution is 2.27. The molecule has 1 unspecified atom stereocenters. The third-order valence-electron chi connectivity index (χ3n) is 4.33. The van der Waals surface area contributed by atoms with Gasteiger partial charge in [-0.1, -0.05) is 44.4 Å². The van der Waals surface area contributed by atoms with Crippen molar-refractivity contribution in [3.05, 3.63) is 29.8 Å². The first-order chi connectivity index (χ1) is 10.3. The lowest BCUT2D eigenvalue weighted by Gasteiger charge is -2.24. The molecule has 0 bridgehead atoms. The maximum Gasteiger partial charge on any atom is 0.123 e. The van der Waals surface area contributed by atoms with Crippen LogP contribution >= 0.6 is 0 Å². The number of hydrogen-bond acceptors (Lipinski definition) is 3. The molecule has 1 aromatic carbocycles. The first-order valence-electron chi connectivity index (χ1n) is 8.29. The number of rotatable bonds is 8. The lowest BCUT2D eigenvalue weighted by Crippen LogP contribution is -2.27. The second kappa shape index (κ2) is 9.06. The molecule has 1 aromatic rings. The molecule has 0 radical (unpaired) electrons. The Labute approximate surface area is 129 Å². The fourth-order valence-electron chi connectivity index (χ4n) is 3.17. The van der Waals surface area contributed by atoms with Crippen LogP contribution in [0.3, 0.4) is 0 Å². The highest BCUT2D eigenvalue weighted by atomic mass is 16.5. The zero-order valence-electron chi connectivity index (χ0n) is 13.4. The van der Waals surface area contributed by atoms with E-state index in [-0.39, 0.29) is 6.04 Å². The summed E-state index contributed by atoms with van der Waals surface area (Å²) in [5, 5.41) is 3.51. The van der Waals surface area contributed by atoms with E-state index in [2.05, 4.69) is 24.4 Å². The first-order valence-corrected chi connectivity index (χ1v) is 8.29. The van der Waals surface area contributed by atoms with Crippen LogP contribution in [0.15, 0.2) is 24.3 Å². The minimum atomic E-state index is 0.203. The van der Waals surface area contributed by atoms with E-state index in [1.54, 1.807) is 7.11 Å². The largest absolute Gasteiger partial charge is 0.496 e. The standard InChI is InChI=1S/C18H29NO2/c1-3-19-17(16-11-7-8-12-18(16)20-2)14-21-13-15-9-5-4-6-10-15/h7-8,11-12,15,17,19H,3-6,9-10,13-14H2,1-2H3. The Bertz CT molecular complexity index is 402. The zero-order chi connectivity index (χ0) is 14.9. The van der Waals surface area contributed by atoms with Crippen LogP contribution in [0.2, 0.25) is 0 Å². The van der Waals surface area contributed by atoms with Gasteiger partial charge in [-0.15, -0.1) is 0 Å². The minimum absolute atomic E-state index is 0.203. The lowest BCUT2D eigenvalue weighted by atomic mass is 9.90. The maximum atomic E-state index is 6.02. The van der Waals surface area contributed by atoms with E-state index in [0.717, 1.165) is 24.8 Å². The summed E-state index contributed by atoms with van der Waals surface area (Å²) in [7, 11) is 1.73. The molecule has 3 heteroatoms. The summed E-state index contributed by atoms with van der Waals surface area (Å²) in [5.41, 5.74) is 1.19. The number of ether oxygens (including phenoxy) is 2. The highest BCUT2D eigenvalue weighted by molar-refractivity contribution is 5.35. The molecular weight excluding hydrogens is 262 g/mol. The molecule has 0 amide bonds. The summed E-state index contributed by atoms with van der Waals surface area (Å²) in [5.74, 6) is 1.70. The van der Waals surface area contributed by atoms with Crippen LogP contribution in [0.25, 0.3) is 0 Å². The predicted octanol–water partition coefficient (Wildman–Crippen LogP) is 3.94. The molecule has 1 saturated carbocycles. The first kappa shape index (κ1) is 16.3. The van der Waals surface area contributed by atoms with Crippen molar-refractivity contribution in [2.75, 3.05) is 26.9 Å². The third kappa shape index (κ3) is 5.01. The Hall–Kier alpha value is -1.06. The quantitative estimate of drug-likeness (QED) is 0.787. The number of para-hydroxylation sites is 1. The van der Waals surface area contributed by atoms with E-state index in [0.29, 0.717) is 6.61 Å². The second-order valence-electron chi connectivity index (χ2n) is 5.89. The number of likely N-dealkylation sites (N-methyl/N-ethyl adjacent to an activating group) is 1. The SMILES string of the molecule is CCNC(COCC1CCCCC1)c1ccccc1OC. The molecule has 0 saturated heterocycles. The molecule has 2 rings (SSSR count). The van der Waals surface area contributed by atoms with Crippen LogP contribution < -0.4 is 10.1 Å². The van der Waals surface area contributed by atoms with Gasteiger partial charge in [0.2, 0.25) is 0 Å². The van der Waals surface area contributed by atoms with Crippen molar-refractivity contribution in [2.45, 2.75) is 45.1 Å². The third-order valence-corrected chi connectivity index (χ3v) is 4.33. The summed E-state index contributed by atoms with van der Waals surface area (Å²) in [6.45, 7) is 4.67. The molecule has 0 heterocycles. The van der Waals surface area contributed by atoms with Gasteiger partial charge in [0.25, 0.3) is 0 Å². The van der Waals surface area contributed by atoms with Crippen molar-refractivity contribution >= 4 is 0 Å². The van der Waals surface area contributed by atoms with Crippen LogP contribution in [0.4, 0.5) is 0 Å². The maximum absolute atomic E-state index is 6.02. The summed E-state index contributed by atoms with van der Waals surface area (Å²) in [4.78, 5) is 0. The van der Waals surface area contributed by atoms with Gasteiger partial charge in [-0.05, 0) is 31.4 Å². The van der Waals surface area contributed by atoms with Crippen molar-refractivity contribution in [3.63, 3.8) is 0 Å². The normalized spacial score (nSPS) is 17.6. The predicted molar refractivity (Wildman–Crippen MR) is 86.8 cm³/mol. The Balaban J connectivity index is 1.89.